The number of thiazole rings is 2. The number of hydrogen-bond acceptors (Lipinski definition) is 9. The molecule has 0 radical (unpaired) electrons. The number of rotatable bonds is 8. The molecule has 4 aromatic heterocycles. The van der Waals surface area contributed by atoms with Crippen LogP contribution < -0.4 is 9.80 Å². The van der Waals surface area contributed by atoms with Crippen molar-refractivity contribution < 1.29 is 4.79 Å². The molecule has 2 aliphatic heterocycles. The van der Waals surface area contributed by atoms with Crippen LogP contribution >= 0.6 is 45.9 Å². The van der Waals surface area contributed by atoms with Crippen LogP contribution in [0.25, 0.3) is 32.0 Å². The smallest absolute Gasteiger partial charge is 0.195 e. The first-order valence-electron chi connectivity index (χ1n) is 19.1. The van der Waals surface area contributed by atoms with E-state index in [4.69, 9.17) is 33.2 Å². The number of hydrogen-bond donors (Lipinski definition) is 0. The van der Waals surface area contributed by atoms with E-state index in [1.165, 1.54) is 0 Å². The van der Waals surface area contributed by atoms with Gasteiger partial charge in [-0.25, -0.2) is 9.97 Å². The Hall–Kier alpha value is -4.49. The Labute approximate surface area is 342 Å². The SMILES string of the molecule is Cc1c(C(C(=O)C(c2sc3nc4ccccc4n3c2C)N2CCN(c3ccccc3Cl)CC2)N2CCN(c3ccccc3Cl)CC2)sc2nc3ccccc3n12. The average Bonchev–Trinajstić information content (AvgIpc) is 3.95. The third-order valence-electron chi connectivity index (χ3n) is 11.6. The molecule has 2 saturated heterocycles. The van der Waals surface area contributed by atoms with Crippen LogP contribution in [-0.4, -0.2) is 86.7 Å². The van der Waals surface area contributed by atoms with Gasteiger partial charge in [0, 0.05) is 63.7 Å². The predicted molar refractivity (Wildman–Crippen MR) is 232 cm³/mol. The summed E-state index contributed by atoms with van der Waals surface area (Å²) in [5.41, 5.74) is 8.25. The Balaban J connectivity index is 1.08. The lowest BCUT2D eigenvalue weighted by Gasteiger charge is -2.43. The number of halogens is 2. The Kier molecular flexibility index (Phi) is 9.27. The maximum absolute atomic E-state index is 16.1. The normalized spacial score (nSPS) is 17.1. The lowest BCUT2D eigenvalue weighted by Crippen LogP contribution is -2.53. The van der Waals surface area contributed by atoms with E-state index >= 15 is 4.79 Å². The second-order valence-corrected chi connectivity index (χ2v) is 17.5. The summed E-state index contributed by atoms with van der Waals surface area (Å²) in [7, 11) is 0. The molecule has 0 spiro atoms. The molecule has 13 heteroatoms. The van der Waals surface area contributed by atoms with Crippen molar-refractivity contribution in [2.24, 2.45) is 0 Å². The van der Waals surface area contributed by atoms with E-state index < -0.39 is 12.1 Å². The third kappa shape index (κ3) is 5.99. The van der Waals surface area contributed by atoms with Gasteiger partial charge in [-0.3, -0.25) is 23.4 Å². The number of fused-ring (bicyclic) bond motifs is 6. The molecule has 0 bridgehead atoms. The van der Waals surface area contributed by atoms with E-state index in [1.807, 2.05) is 48.5 Å². The second kappa shape index (κ2) is 14.5. The minimum absolute atomic E-state index is 0.191. The lowest BCUT2D eigenvalue weighted by atomic mass is 9.96. The molecule has 2 unspecified atom stereocenters. The van der Waals surface area contributed by atoms with Crippen molar-refractivity contribution in [1.82, 2.24) is 28.6 Å². The number of carbonyl (C=O) groups is 1. The number of para-hydroxylation sites is 6. The summed E-state index contributed by atoms with van der Waals surface area (Å²) in [5, 5.41) is 1.50. The molecule has 2 aliphatic rings. The second-order valence-electron chi connectivity index (χ2n) is 14.7. The van der Waals surface area contributed by atoms with Gasteiger partial charge in [0.05, 0.1) is 53.2 Å². The van der Waals surface area contributed by atoms with Crippen molar-refractivity contribution in [3.63, 3.8) is 0 Å². The third-order valence-corrected chi connectivity index (χ3v) is 14.7. The van der Waals surface area contributed by atoms with Crippen LogP contribution in [0.3, 0.4) is 0 Å². The Bertz CT molecular complexity index is 2570. The number of benzene rings is 4. The van der Waals surface area contributed by atoms with Crippen molar-refractivity contribution in [3.8, 4) is 0 Å². The summed E-state index contributed by atoms with van der Waals surface area (Å²) in [4.78, 5) is 39.6. The highest BCUT2D eigenvalue weighted by Crippen LogP contribution is 2.43. The van der Waals surface area contributed by atoms with E-state index in [2.05, 4.69) is 90.8 Å². The van der Waals surface area contributed by atoms with Gasteiger partial charge in [-0.15, -0.1) is 0 Å². The molecular weight excluding hydrogens is 780 g/mol. The number of Topliss-reactive ketones (excluding diaryl/α,β-unsaturated/α-hetero) is 1. The molecule has 6 heterocycles. The van der Waals surface area contributed by atoms with Crippen LogP contribution in [0.5, 0.6) is 0 Å². The van der Waals surface area contributed by atoms with Gasteiger partial charge in [0.2, 0.25) is 0 Å². The van der Waals surface area contributed by atoms with Crippen molar-refractivity contribution in [1.29, 1.82) is 0 Å². The summed E-state index contributed by atoms with van der Waals surface area (Å²) in [5.74, 6) is 0.191. The summed E-state index contributed by atoms with van der Waals surface area (Å²) in [6.07, 6.45) is 0. The van der Waals surface area contributed by atoms with Gasteiger partial charge >= 0.3 is 0 Å². The number of carbonyl (C=O) groups excluding carboxylic acids is 1. The molecule has 56 heavy (non-hydrogen) atoms. The van der Waals surface area contributed by atoms with Gasteiger partial charge in [-0.1, -0.05) is 94.4 Å². The minimum Gasteiger partial charge on any atom is -0.368 e. The fraction of sp³-hybridized carbons (Fsp3) is 0.279. The molecule has 9 nitrogen and oxygen atoms in total. The zero-order valence-corrected chi connectivity index (χ0v) is 34.3. The van der Waals surface area contributed by atoms with E-state index in [0.29, 0.717) is 26.2 Å². The highest BCUT2D eigenvalue weighted by molar-refractivity contribution is 7.18. The van der Waals surface area contributed by atoms with Crippen LogP contribution in [0.4, 0.5) is 11.4 Å². The number of nitrogens with zero attached hydrogens (tertiary/aromatic N) is 8. The molecule has 2 fully saturated rings. The first kappa shape index (κ1) is 35.9. The van der Waals surface area contributed by atoms with Crippen molar-refractivity contribution in [2.45, 2.75) is 25.9 Å². The first-order chi connectivity index (χ1) is 27.4. The van der Waals surface area contributed by atoms with Crippen LogP contribution in [0.1, 0.15) is 33.2 Å². The highest BCUT2D eigenvalue weighted by Gasteiger charge is 2.43. The van der Waals surface area contributed by atoms with Crippen LogP contribution in [0.15, 0.2) is 97.1 Å². The summed E-state index contributed by atoms with van der Waals surface area (Å²) in [6.45, 7) is 10.2. The predicted octanol–water partition coefficient (Wildman–Crippen LogP) is 9.33. The van der Waals surface area contributed by atoms with Gasteiger partial charge in [0.15, 0.2) is 15.7 Å². The van der Waals surface area contributed by atoms with E-state index in [0.717, 1.165) is 101 Å². The number of imidazole rings is 2. The zero-order chi connectivity index (χ0) is 38.1. The Morgan fingerprint density at radius 2 is 0.929 bits per heavy atom. The topological polar surface area (TPSA) is 64.6 Å². The number of aryl methyl sites for hydroxylation is 2. The highest BCUT2D eigenvalue weighted by atomic mass is 35.5. The first-order valence-corrected chi connectivity index (χ1v) is 21.5. The average molecular weight is 820 g/mol. The van der Waals surface area contributed by atoms with Gasteiger partial charge in [-0.2, -0.15) is 0 Å². The molecule has 0 aliphatic carbocycles. The number of piperazine rings is 2. The maximum Gasteiger partial charge on any atom is 0.195 e. The number of ketones is 1. The summed E-state index contributed by atoms with van der Waals surface area (Å²) < 4.78 is 4.48. The lowest BCUT2D eigenvalue weighted by molar-refractivity contribution is -0.130. The van der Waals surface area contributed by atoms with Gasteiger partial charge in [0.25, 0.3) is 0 Å². The fourth-order valence-electron chi connectivity index (χ4n) is 8.82. The number of anilines is 2. The monoisotopic (exact) mass is 818 g/mol. The molecule has 0 amide bonds. The van der Waals surface area contributed by atoms with Gasteiger partial charge in [0.1, 0.15) is 12.1 Å². The summed E-state index contributed by atoms with van der Waals surface area (Å²) >= 11 is 16.7. The van der Waals surface area contributed by atoms with E-state index in [9.17, 15) is 0 Å². The summed E-state index contributed by atoms with van der Waals surface area (Å²) in [6, 6.07) is 31.6. The quantitative estimate of drug-likeness (QED) is 0.152. The van der Waals surface area contributed by atoms with Crippen LogP contribution in [0.2, 0.25) is 10.0 Å². The largest absolute Gasteiger partial charge is 0.368 e. The molecule has 8 aromatic rings. The molecule has 0 N–H and O–H groups in total. The Morgan fingerprint density at radius 3 is 1.34 bits per heavy atom. The van der Waals surface area contributed by atoms with Crippen molar-refractivity contribution >= 4 is 95.0 Å². The standard InChI is InChI=1S/C43H40Cl2N8OS2/c1-27-40(55-42-46-31-13-5-9-17-35(31)52(27)42)37(50-23-19-48(20-24-50)33-15-7-3-11-29(33)44)39(54)38(51-25-21-49(22-26-51)34-16-8-4-12-30(34)45)41-28(2)53-36-18-10-6-14-32(36)47-43(53)56-41/h3-18,37-38H,19-26H2,1-2H3. The number of aromatic nitrogens is 4. The molecule has 284 valence electrons. The molecular formula is C43H40Cl2N8OS2. The van der Waals surface area contributed by atoms with Crippen LogP contribution in [-0.2, 0) is 4.79 Å². The zero-order valence-electron chi connectivity index (χ0n) is 31.1. The maximum atomic E-state index is 16.1. The molecule has 2 atom stereocenters. The van der Waals surface area contributed by atoms with Crippen molar-refractivity contribution in [3.05, 3.63) is 128 Å². The van der Waals surface area contributed by atoms with Crippen LogP contribution in [0, 0.1) is 13.8 Å². The molecule has 0 saturated carbocycles. The molecule has 4 aromatic carbocycles. The van der Waals surface area contributed by atoms with E-state index in [1.54, 1.807) is 22.7 Å². The van der Waals surface area contributed by atoms with Gasteiger partial charge in [-0.05, 0) is 62.4 Å². The Morgan fingerprint density at radius 1 is 0.554 bits per heavy atom. The van der Waals surface area contributed by atoms with Crippen molar-refractivity contribution in [2.75, 3.05) is 62.2 Å². The molecule has 10 rings (SSSR count). The minimum atomic E-state index is -0.481. The van der Waals surface area contributed by atoms with E-state index in [-0.39, 0.29) is 5.78 Å². The fourth-order valence-corrected chi connectivity index (χ4v) is 11.9. The van der Waals surface area contributed by atoms with Gasteiger partial charge < -0.3 is 9.80 Å².